The Labute approximate surface area is 193 Å². The molecule has 33 heavy (non-hydrogen) atoms. The van der Waals surface area contributed by atoms with Crippen LogP contribution < -0.4 is 11.1 Å². The summed E-state index contributed by atoms with van der Waals surface area (Å²) in [5.74, 6) is -1.06. The minimum absolute atomic E-state index is 0.0954. The normalized spacial score (nSPS) is 16.3. The number of thiophene rings is 1. The Morgan fingerprint density at radius 3 is 2.79 bits per heavy atom. The first-order valence-electron chi connectivity index (χ1n) is 10.7. The fraction of sp³-hybridized carbons (Fsp3) is 0.304. The van der Waals surface area contributed by atoms with Crippen molar-refractivity contribution in [1.29, 1.82) is 0 Å². The van der Waals surface area contributed by atoms with Crippen LogP contribution in [0.3, 0.4) is 0 Å². The van der Waals surface area contributed by atoms with Gasteiger partial charge in [-0.3, -0.25) is 0 Å². The van der Waals surface area contributed by atoms with E-state index in [4.69, 9.17) is 5.73 Å². The average molecular weight is 468 g/mol. The lowest BCUT2D eigenvalue weighted by molar-refractivity contribution is 0.465. The highest BCUT2D eigenvalue weighted by atomic mass is 32.1. The number of nitrogens with zero attached hydrogens (tertiary/aromatic N) is 5. The van der Waals surface area contributed by atoms with Gasteiger partial charge in [0, 0.05) is 34.0 Å². The van der Waals surface area contributed by atoms with Gasteiger partial charge in [-0.2, -0.15) is 4.68 Å². The molecular formula is C23H23F2N7S. The highest BCUT2D eigenvalue weighted by Crippen LogP contribution is 2.39. The summed E-state index contributed by atoms with van der Waals surface area (Å²) < 4.78 is 30.0. The van der Waals surface area contributed by atoms with Crippen molar-refractivity contribution < 1.29 is 8.78 Å². The Bertz CT molecular complexity index is 1320. The van der Waals surface area contributed by atoms with Gasteiger partial charge in [-0.25, -0.2) is 13.8 Å². The fourth-order valence-corrected chi connectivity index (χ4v) is 5.52. The summed E-state index contributed by atoms with van der Waals surface area (Å²) in [6.07, 6.45) is 4.06. The highest BCUT2D eigenvalue weighted by molar-refractivity contribution is 7.15. The topological polar surface area (TPSA) is 94.5 Å². The number of hydrogen-bond donors (Lipinski definition) is 2. The summed E-state index contributed by atoms with van der Waals surface area (Å²) >= 11 is 1.75. The molecule has 0 amide bonds. The van der Waals surface area contributed by atoms with E-state index in [1.165, 1.54) is 42.3 Å². The summed E-state index contributed by atoms with van der Waals surface area (Å²) in [5.41, 5.74) is 8.83. The molecule has 3 aromatic heterocycles. The maximum absolute atomic E-state index is 14.6. The van der Waals surface area contributed by atoms with Gasteiger partial charge in [-0.15, -0.1) is 16.4 Å². The van der Waals surface area contributed by atoms with Crippen LogP contribution in [0, 0.1) is 25.5 Å². The van der Waals surface area contributed by atoms with Gasteiger partial charge in [0.1, 0.15) is 11.5 Å². The molecule has 4 heterocycles. The number of pyridine rings is 1. The lowest BCUT2D eigenvalue weighted by Gasteiger charge is -2.22. The molecule has 0 radical (unpaired) electrons. The molecule has 1 atom stereocenters. The number of aromatic nitrogens is 5. The van der Waals surface area contributed by atoms with Gasteiger partial charge in [-0.1, -0.05) is 6.07 Å². The Morgan fingerprint density at radius 2 is 2.00 bits per heavy atom. The number of nitrogens with one attached hydrogen (secondary N) is 1. The zero-order valence-electron chi connectivity index (χ0n) is 18.3. The van der Waals surface area contributed by atoms with Crippen LogP contribution >= 0.6 is 11.3 Å². The summed E-state index contributed by atoms with van der Waals surface area (Å²) in [7, 11) is 0. The van der Waals surface area contributed by atoms with E-state index in [9.17, 15) is 8.78 Å². The van der Waals surface area contributed by atoms with E-state index in [2.05, 4.69) is 38.8 Å². The largest absolute Gasteiger partial charge is 0.383 e. The van der Waals surface area contributed by atoms with Crippen molar-refractivity contribution in [2.45, 2.75) is 32.6 Å². The first kappa shape index (κ1) is 21.6. The molecule has 1 aliphatic heterocycles. The van der Waals surface area contributed by atoms with Crippen LogP contribution in [0.4, 0.5) is 14.6 Å². The maximum Gasteiger partial charge on any atom is 0.190 e. The van der Waals surface area contributed by atoms with Gasteiger partial charge in [0.05, 0.1) is 5.56 Å². The predicted octanol–water partition coefficient (Wildman–Crippen LogP) is 4.40. The summed E-state index contributed by atoms with van der Waals surface area (Å²) in [6, 6.07) is 6.92. The minimum Gasteiger partial charge on any atom is -0.383 e. The predicted molar refractivity (Wildman–Crippen MR) is 124 cm³/mol. The number of hydrogen-bond acceptors (Lipinski definition) is 7. The molecule has 0 spiro atoms. The van der Waals surface area contributed by atoms with E-state index in [1.807, 2.05) is 6.07 Å². The maximum atomic E-state index is 14.6. The van der Waals surface area contributed by atoms with Crippen molar-refractivity contribution in [2.24, 2.45) is 0 Å². The van der Waals surface area contributed by atoms with E-state index in [-0.39, 0.29) is 22.9 Å². The third-order valence-electron chi connectivity index (χ3n) is 6.02. The second-order valence-electron chi connectivity index (χ2n) is 8.30. The minimum atomic E-state index is -1.02. The SMILES string of the molecule is Cc1cc(-c2cnc(N)c(-c3nnnn3-c3ccc(C)c(F)c3F)c2)sc1C1CCCNC1. The van der Waals surface area contributed by atoms with Gasteiger partial charge in [0.2, 0.25) is 0 Å². The first-order valence-corrected chi connectivity index (χ1v) is 11.6. The van der Waals surface area contributed by atoms with E-state index in [0.717, 1.165) is 28.2 Å². The Morgan fingerprint density at radius 1 is 1.15 bits per heavy atom. The number of aryl methyl sites for hydroxylation is 2. The number of nitrogens with two attached hydrogens (primary N) is 1. The van der Waals surface area contributed by atoms with Gasteiger partial charge >= 0.3 is 0 Å². The van der Waals surface area contributed by atoms with Crippen molar-refractivity contribution in [3.05, 3.63) is 58.1 Å². The molecule has 10 heteroatoms. The smallest absolute Gasteiger partial charge is 0.190 e. The number of benzene rings is 1. The number of anilines is 1. The fourth-order valence-electron chi connectivity index (χ4n) is 4.23. The van der Waals surface area contributed by atoms with Crippen LogP contribution in [-0.4, -0.2) is 38.3 Å². The molecular weight excluding hydrogens is 444 g/mol. The van der Waals surface area contributed by atoms with Crippen LogP contribution in [-0.2, 0) is 0 Å². The summed E-state index contributed by atoms with van der Waals surface area (Å²) in [4.78, 5) is 6.78. The molecule has 0 bridgehead atoms. The molecule has 1 saturated heterocycles. The molecule has 0 aliphatic carbocycles. The zero-order chi connectivity index (χ0) is 23.1. The molecule has 1 fully saturated rings. The standard InChI is InChI=1S/C23H23F2N7S/c1-12-5-6-17(20(25)19(12)24)32-23(29-30-31-32)16-9-15(11-28-22(16)26)18-8-13(2)21(33-18)14-4-3-7-27-10-14/h5-6,8-9,11,14,27H,3-4,7,10H2,1-2H3,(H2,26,28). The summed E-state index contributed by atoms with van der Waals surface area (Å²) in [6.45, 7) is 5.68. The Balaban J connectivity index is 1.56. The Kier molecular flexibility index (Phi) is 5.63. The van der Waals surface area contributed by atoms with Gasteiger partial charge in [0.15, 0.2) is 17.5 Å². The number of nitrogen functional groups attached to an aromatic ring is 1. The van der Waals surface area contributed by atoms with Crippen molar-refractivity contribution in [3.8, 4) is 27.5 Å². The van der Waals surface area contributed by atoms with Crippen LogP contribution in [0.25, 0.3) is 27.5 Å². The molecule has 1 unspecified atom stereocenters. The second-order valence-corrected chi connectivity index (χ2v) is 9.39. The molecule has 0 saturated carbocycles. The Hall–Kier alpha value is -3.24. The first-order chi connectivity index (χ1) is 15.9. The highest BCUT2D eigenvalue weighted by Gasteiger charge is 2.23. The molecule has 4 aromatic rings. The molecule has 5 rings (SSSR count). The van der Waals surface area contributed by atoms with Crippen LogP contribution in [0.2, 0.25) is 0 Å². The molecule has 170 valence electrons. The van der Waals surface area contributed by atoms with Gasteiger partial charge < -0.3 is 11.1 Å². The number of rotatable bonds is 4. The third kappa shape index (κ3) is 3.89. The van der Waals surface area contributed by atoms with Crippen molar-refractivity contribution in [3.63, 3.8) is 0 Å². The van der Waals surface area contributed by atoms with Crippen molar-refractivity contribution >= 4 is 17.2 Å². The van der Waals surface area contributed by atoms with Crippen molar-refractivity contribution in [1.82, 2.24) is 30.5 Å². The monoisotopic (exact) mass is 467 g/mol. The second kappa shape index (κ2) is 8.60. The molecule has 1 aromatic carbocycles. The summed E-state index contributed by atoms with van der Waals surface area (Å²) in [5, 5.41) is 15.1. The van der Waals surface area contributed by atoms with Crippen LogP contribution in [0.1, 0.15) is 34.8 Å². The van der Waals surface area contributed by atoms with Crippen molar-refractivity contribution in [2.75, 3.05) is 18.8 Å². The zero-order valence-corrected chi connectivity index (χ0v) is 19.1. The lowest BCUT2D eigenvalue weighted by Crippen LogP contribution is -2.28. The third-order valence-corrected chi connectivity index (χ3v) is 7.47. The number of tetrazole rings is 1. The van der Waals surface area contributed by atoms with E-state index in [0.29, 0.717) is 11.5 Å². The molecule has 7 nitrogen and oxygen atoms in total. The quantitative estimate of drug-likeness (QED) is 0.462. The van der Waals surface area contributed by atoms with Crippen LogP contribution in [0.15, 0.2) is 30.5 Å². The number of halogens is 2. The molecule has 1 aliphatic rings. The van der Waals surface area contributed by atoms with E-state index in [1.54, 1.807) is 17.5 Å². The average Bonchev–Trinajstić information content (AvgIpc) is 3.45. The van der Waals surface area contributed by atoms with Gasteiger partial charge in [-0.05, 0) is 73.0 Å². The molecule has 3 N–H and O–H groups in total. The lowest BCUT2D eigenvalue weighted by atomic mass is 9.96. The van der Waals surface area contributed by atoms with Gasteiger partial charge in [0.25, 0.3) is 0 Å². The van der Waals surface area contributed by atoms with E-state index >= 15 is 0 Å². The van der Waals surface area contributed by atoms with E-state index < -0.39 is 11.6 Å². The van der Waals surface area contributed by atoms with Crippen LogP contribution in [0.5, 0.6) is 0 Å². The number of piperidine rings is 1.